The molecule has 3 atom stereocenters. The predicted molar refractivity (Wildman–Crippen MR) is 55.7 cm³/mol. The summed E-state index contributed by atoms with van der Waals surface area (Å²) < 4.78 is 15.2. The first-order valence-electron chi connectivity index (χ1n) is 5.57. The predicted octanol–water partition coefficient (Wildman–Crippen LogP) is 2.36. The zero-order chi connectivity index (χ0) is 11.3. The highest BCUT2D eigenvalue weighted by Gasteiger charge is 2.33. The fourth-order valence-corrected chi connectivity index (χ4v) is 2.01. The summed E-state index contributed by atoms with van der Waals surface area (Å²) >= 11 is 0. The van der Waals surface area contributed by atoms with E-state index >= 15 is 0 Å². The maximum atomic E-state index is 10.8. The minimum atomic E-state index is -0.607. The molecule has 0 aromatic carbocycles. The first-order chi connectivity index (χ1) is 7.21. The molecule has 1 heterocycles. The number of carbonyl (C=O) groups is 1. The zero-order valence-electron chi connectivity index (χ0n) is 9.69. The third-order valence-corrected chi connectivity index (χ3v) is 2.90. The Morgan fingerprint density at radius 2 is 2.13 bits per heavy atom. The molecule has 0 aromatic rings. The third-order valence-electron chi connectivity index (χ3n) is 2.90. The van der Waals surface area contributed by atoms with Gasteiger partial charge in [0.15, 0.2) is 0 Å². The fourth-order valence-electron chi connectivity index (χ4n) is 2.01. The highest BCUT2D eigenvalue weighted by molar-refractivity contribution is 5.59. The van der Waals surface area contributed by atoms with Crippen LogP contribution in [0.5, 0.6) is 0 Å². The third kappa shape index (κ3) is 3.38. The van der Waals surface area contributed by atoms with Gasteiger partial charge in [0.25, 0.3) is 0 Å². The molecule has 0 bridgehead atoms. The molecule has 0 saturated carbocycles. The van der Waals surface area contributed by atoms with Gasteiger partial charge in [-0.2, -0.15) is 0 Å². The van der Waals surface area contributed by atoms with Crippen LogP contribution in [0.4, 0.5) is 4.79 Å². The molecule has 1 aliphatic heterocycles. The molecule has 15 heavy (non-hydrogen) atoms. The van der Waals surface area contributed by atoms with Gasteiger partial charge in [0.1, 0.15) is 6.61 Å². The van der Waals surface area contributed by atoms with Crippen LogP contribution in [0.2, 0.25) is 0 Å². The summed E-state index contributed by atoms with van der Waals surface area (Å²) in [6.07, 6.45) is 2.90. The van der Waals surface area contributed by atoms with Gasteiger partial charge in [0, 0.05) is 5.92 Å². The SMILES string of the molecule is CCC1CC(COC(=O)OC)C(CC)O1. The van der Waals surface area contributed by atoms with Gasteiger partial charge < -0.3 is 14.2 Å². The molecule has 4 nitrogen and oxygen atoms in total. The van der Waals surface area contributed by atoms with Crippen LogP contribution < -0.4 is 0 Å². The van der Waals surface area contributed by atoms with Crippen molar-refractivity contribution < 1.29 is 19.0 Å². The van der Waals surface area contributed by atoms with Gasteiger partial charge >= 0.3 is 6.16 Å². The van der Waals surface area contributed by atoms with Crippen molar-refractivity contribution in [3.05, 3.63) is 0 Å². The van der Waals surface area contributed by atoms with Gasteiger partial charge in [-0.3, -0.25) is 0 Å². The van der Waals surface area contributed by atoms with E-state index in [0.717, 1.165) is 19.3 Å². The summed E-state index contributed by atoms with van der Waals surface area (Å²) in [5, 5.41) is 0. The fraction of sp³-hybridized carbons (Fsp3) is 0.909. The van der Waals surface area contributed by atoms with Crippen molar-refractivity contribution in [2.45, 2.75) is 45.3 Å². The van der Waals surface area contributed by atoms with Gasteiger partial charge in [0.2, 0.25) is 0 Å². The first kappa shape index (κ1) is 12.3. The van der Waals surface area contributed by atoms with Crippen molar-refractivity contribution in [1.29, 1.82) is 0 Å². The molecular weight excluding hydrogens is 196 g/mol. The lowest BCUT2D eigenvalue weighted by Gasteiger charge is -2.15. The first-order valence-corrected chi connectivity index (χ1v) is 5.57. The summed E-state index contributed by atoms with van der Waals surface area (Å²) in [6.45, 7) is 4.61. The summed E-state index contributed by atoms with van der Waals surface area (Å²) in [5.41, 5.74) is 0. The van der Waals surface area contributed by atoms with Crippen LogP contribution in [0.1, 0.15) is 33.1 Å². The molecule has 1 aliphatic rings. The summed E-state index contributed by atoms with van der Waals surface area (Å²) in [6, 6.07) is 0. The van der Waals surface area contributed by atoms with E-state index < -0.39 is 6.16 Å². The number of ether oxygens (including phenoxy) is 3. The number of methoxy groups -OCH3 is 1. The van der Waals surface area contributed by atoms with Gasteiger partial charge in [-0.05, 0) is 19.3 Å². The molecule has 88 valence electrons. The lowest BCUT2D eigenvalue weighted by molar-refractivity contribution is 0.0128. The Bertz CT molecular complexity index is 205. The van der Waals surface area contributed by atoms with E-state index in [9.17, 15) is 4.79 Å². The molecule has 4 heteroatoms. The number of rotatable bonds is 4. The number of hydrogen-bond acceptors (Lipinski definition) is 4. The van der Waals surface area contributed by atoms with Crippen LogP contribution in [0.25, 0.3) is 0 Å². The summed E-state index contributed by atoms with van der Waals surface area (Å²) in [5.74, 6) is 0.319. The Kier molecular flexibility index (Phi) is 4.88. The maximum Gasteiger partial charge on any atom is 0.507 e. The zero-order valence-corrected chi connectivity index (χ0v) is 9.69. The highest BCUT2D eigenvalue weighted by atomic mass is 16.7. The molecule has 1 saturated heterocycles. The van der Waals surface area contributed by atoms with Crippen molar-refractivity contribution in [1.82, 2.24) is 0 Å². The minimum absolute atomic E-state index is 0.222. The lowest BCUT2D eigenvalue weighted by Crippen LogP contribution is -2.21. The Morgan fingerprint density at radius 1 is 1.40 bits per heavy atom. The Labute approximate surface area is 90.9 Å². The minimum Gasteiger partial charge on any atom is -0.438 e. The van der Waals surface area contributed by atoms with Gasteiger partial charge in [-0.15, -0.1) is 0 Å². The van der Waals surface area contributed by atoms with Crippen molar-refractivity contribution in [2.24, 2.45) is 5.92 Å². The molecule has 0 aliphatic carbocycles. The van der Waals surface area contributed by atoms with Gasteiger partial charge in [0.05, 0.1) is 19.3 Å². The number of carbonyl (C=O) groups excluding carboxylic acids is 1. The van der Waals surface area contributed by atoms with Crippen molar-refractivity contribution in [3.8, 4) is 0 Å². The molecule has 0 spiro atoms. The normalized spacial score (nSPS) is 30.2. The van der Waals surface area contributed by atoms with E-state index in [4.69, 9.17) is 9.47 Å². The molecule has 0 aromatic heterocycles. The highest BCUT2D eigenvalue weighted by Crippen LogP contribution is 2.30. The van der Waals surface area contributed by atoms with Crippen molar-refractivity contribution in [3.63, 3.8) is 0 Å². The van der Waals surface area contributed by atoms with Crippen LogP contribution in [0, 0.1) is 5.92 Å². The second-order valence-electron chi connectivity index (χ2n) is 3.87. The summed E-state index contributed by atoms with van der Waals surface area (Å²) in [7, 11) is 1.32. The molecule has 1 fully saturated rings. The maximum absolute atomic E-state index is 10.8. The van der Waals surface area contributed by atoms with Crippen LogP contribution in [0.3, 0.4) is 0 Å². The average molecular weight is 216 g/mol. The van der Waals surface area contributed by atoms with Gasteiger partial charge in [-0.1, -0.05) is 13.8 Å². The molecule has 3 unspecified atom stereocenters. The summed E-state index contributed by atoms with van der Waals surface area (Å²) in [4.78, 5) is 10.8. The molecule has 0 N–H and O–H groups in total. The van der Waals surface area contributed by atoms with E-state index in [1.165, 1.54) is 7.11 Å². The molecule has 0 radical (unpaired) electrons. The van der Waals surface area contributed by atoms with Crippen LogP contribution >= 0.6 is 0 Å². The van der Waals surface area contributed by atoms with E-state index in [1.807, 2.05) is 0 Å². The number of hydrogen-bond donors (Lipinski definition) is 0. The lowest BCUT2D eigenvalue weighted by atomic mass is 9.98. The van der Waals surface area contributed by atoms with Crippen molar-refractivity contribution >= 4 is 6.16 Å². The topological polar surface area (TPSA) is 44.8 Å². The van der Waals surface area contributed by atoms with Gasteiger partial charge in [-0.25, -0.2) is 4.79 Å². The Morgan fingerprint density at radius 3 is 2.67 bits per heavy atom. The monoisotopic (exact) mass is 216 g/mol. The van der Waals surface area contributed by atoms with E-state index in [-0.39, 0.29) is 6.10 Å². The quantitative estimate of drug-likeness (QED) is 0.677. The average Bonchev–Trinajstić information content (AvgIpc) is 2.68. The van der Waals surface area contributed by atoms with E-state index in [1.54, 1.807) is 0 Å². The second kappa shape index (κ2) is 5.95. The largest absolute Gasteiger partial charge is 0.507 e. The van der Waals surface area contributed by atoms with Crippen LogP contribution in [0.15, 0.2) is 0 Å². The molecule has 1 rings (SSSR count). The van der Waals surface area contributed by atoms with Crippen LogP contribution in [-0.4, -0.2) is 32.1 Å². The van der Waals surface area contributed by atoms with Crippen molar-refractivity contribution in [2.75, 3.05) is 13.7 Å². The van der Waals surface area contributed by atoms with Crippen LogP contribution in [-0.2, 0) is 14.2 Å². The van der Waals surface area contributed by atoms with E-state index in [2.05, 4.69) is 18.6 Å². The smallest absolute Gasteiger partial charge is 0.438 e. The Balaban J connectivity index is 2.36. The Hall–Kier alpha value is -0.770. The van der Waals surface area contributed by atoms with E-state index in [0.29, 0.717) is 18.6 Å². The molecule has 0 amide bonds. The molecular formula is C11H20O4. The second-order valence-corrected chi connectivity index (χ2v) is 3.87. The standard InChI is InChI=1S/C11H20O4/c1-4-9-6-8(10(5-2)15-9)7-14-11(12)13-3/h8-10H,4-7H2,1-3H3.